The monoisotopic (exact) mass is 287 g/mol. The van der Waals surface area contributed by atoms with Crippen LogP contribution in [0.25, 0.3) is 0 Å². The maximum atomic E-state index is 12.5. The highest BCUT2D eigenvalue weighted by molar-refractivity contribution is 5.84. The molecule has 0 bridgehead atoms. The van der Waals surface area contributed by atoms with Crippen LogP contribution in [0.3, 0.4) is 0 Å². The van der Waals surface area contributed by atoms with Crippen molar-refractivity contribution in [2.75, 3.05) is 6.54 Å². The number of carbonyl (C=O) groups is 2. The topological polar surface area (TPSA) is 57.6 Å². The lowest BCUT2D eigenvalue weighted by molar-refractivity contribution is -0.148. The molecule has 2 atom stereocenters. The molecule has 2 aliphatic rings. The number of fused-ring (bicyclic) bond motifs is 1. The molecule has 3 rings (SSSR count). The van der Waals surface area contributed by atoms with Crippen molar-refractivity contribution in [2.45, 2.75) is 50.5 Å². The lowest BCUT2D eigenvalue weighted by Gasteiger charge is -2.28. The molecule has 4 nitrogen and oxygen atoms in total. The molecular formula is C17H21NO3. The molecule has 1 heterocycles. The van der Waals surface area contributed by atoms with E-state index in [4.69, 9.17) is 0 Å². The Hall–Kier alpha value is -1.84. The fourth-order valence-electron chi connectivity index (χ4n) is 3.72. The highest BCUT2D eigenvalue weighted by atomic mass is 16.4. The van der Waals surface area contributed by atoms with Crippen LogP contribution in [0.5, 0.6) is 0 Å². The van der Waals surface area contributed by atoms with Crippen molar-refractivity contribution in [3.05, 3.63) is 35.4 Å². The highest BCUT2D eigenvalue weighted by Crippen LogP contribution is 2.34. The minimum atomic E-state index is -0.870. The van der Waals surface area contributed by atoms with Gasteiger partial charge in [0, 0.05) is 13.0 Å². The van der Waals surface area contributed by atoms with E-state index in [-0.39, 0.29) is 11.8 Å². The second-order valence-corrected chi connectivity index (χ2v) is 6.08. The van der Waals surface area contributed by atoms with Gasteiger partial charge in [-0.3, -0.25) is 4.79 Å². The molecule has 1 aliphatic heterocycles. The number of nitrogens with zero attached hydrogens (tertiary/aromatic N) is 1. The van der Waals surface area contributed by atoms with Gasteiger partial charge in [0.25, 0.3) is 0 Å². The standard InChI is InChI=1S/C17H21NO3/c19-16(18-10-4-9-15(18)17(20)21)11-13-7-3-6-12-5-1-2-8-14(12)13/h1-2,5,8,13,15H,3-4,6-7,9-11H2,(H,20,21)/t13-,15-/m1/s1. The molecule has 0 radical (unpaired) electrons. The summed E-state index contributed by atoms with van der Waals surface area (Å²) in [6.07, 6.45) is 5.04. The number of amides is 1. The van der Waals surface area contributed by atoms with Crippen molar-refractivity contribution in [1.29, 1.82) is 0 Å². The Morgan fingerprint density at radius 2 is 2.00 bits per heavy atom. The molecule has 1 aromatic carbocycles. The number of rotatable bonds is 3. The Bertz CT molecular complexity index is 555. The van der Waals surface area contributed by atoms with Gasteiger partial charge in [0.15, 0.2) is 0 Å². The van der Waals surface area contributed by atoms with Gasteiger partial charge in [-0.15, -0.1) is 0 Å². The number of benzene rings is 1. The van der Waals surface area contributed by atoms with Crippen LogP contribution in [0, 0.1) is 0 Å². The average Bonchev–Trinajstić information content (AvgIpc) is 2.97. The fraction of sp³-hybridized carbons (Fsp3) is 0.529. The van der Waals surface area contributed by atoms with Crippen LogP contribution in [-0.2, 0) is 16.0 Å². The lowest BCUT2D eigenvalue weighted by Crippen LogP contribution is -2.41. The zero-order chi connectivity index (χ0) is 14.8. The van der Waals surface area contributed by atoms with Gasteiger partial charge in [-0.05, 0) is 49.1 Å². The summed E-state index contributed by atoms with van der Waals surface area (Å²) >= 11 is 0. The van der Waals surface area contributed by atoms with Crippen LogP contribution in [0.2, 0.25) is 0 Å². The second kappa shape index (κ2) is 5.88. The van der Waals surface area contributed by atoms with Crippen molar-refractivity contribution in [3.8, 4) is 0 Å². The third-order valence-electron chi connectivity index (χ3n) is 4.77. The van der Waals surface area contributed by atoms with E-state index < -0.39 is 12.0 Å². The molecule has 1 N–H and O–H groups in total. The number of aliphatic carboxylic acids is 1. The number of carboxylic acids is 1. The van der Waals surface area contributed by atoms with Crippen molar-refractivity contribution in [3.63, 3.8) is 0 Å². The summed E-state index contributed by atoms with van der Waals surface area (Å²) in [4.78, 5) is 25.3. The zero-order valence-electron chi connectivity index (χ0n) is 12.1. The highest BCUT2D eigenvalue weighted by Gasteiger charge is 2.35. The lowest BCUT2D eigenvalue weighted by atomic mass is 9.81. The number of hydrogen-bond donors (Lipinski definition) is 1. The predicted octanol–water partition coefficient (Wildman–Crippen LogP) is 2.57. The van der Waals surface area contributed by atoms with Gasteiger partial charge in [-0.25, -0.2) is 4.79 Å². The van der Waals surface area contributed by atoms with E-state index in [2.05, 4.69) is 12.1 Å². The van der Waals surface area contributed by atoms with Gasteiger partial charge in [-0.2, -0.15) is 0 Å². The largest absolute Gasteiger partial charge is 0.480 e. The van der Waals surface area contributed by atoms with E-state index >= 15 is 0 Å². The normalized spacial score (nSPS) is 24.7. The van der Waals surface area contributed by atoms with E-state index in [0.717, 1.165) is 25.7 Å². The number of aryl methyl sites for hydroxylation is 1. The van der Waals surface area contributed by atoms with Crippen LogP contribution < -0.4 is 0 Å². The summed E-state index contributed by atoms with van der Waals surface area (Å²) in [6, 6.07) is 7.71. The average molecular weight is 287 g/mol. The number of likely N-dealkylation sites (tertiary alicyclic amines) is 1. The first kappa shape index (κ1) is 14.1. The van der Waals surface area contributed by atoms with Gasteiger partial charge in [0.1, 0.15) is 6.04 Å². The molecule has 0 saturated carbocycles. The van der Waals surface area contributed by atoms with Gasteiger partial charge in [0.05, 0.1) is 0 Å². The van der Waals surface area contributed by atoms with Crippen LogP contribution in [0.4, 0.5) is 0 Å². The summed E-state index contributed by atoms with van der Waals surface area (Å²) < 4.78 is 0. The number of carbonyl (C=O) groups excluding carboxylic acids is 1. The third kappa shape index (κ3) is 2.80. The quantitative estimate of drug-likeness (QED) is 0.929. The molecule has 0 aromatic heterocycles. The zero-order valence-corrected chi connectivity index (χ0v) is 12.1. The van der Waals surface area contributed by atoms with E-state index in [0.29, 0.717) is 19.4 Å². The van der Waals surface area contributed by atoms with Crippen LogP contribution in [0.15, 0.2) is 24.3 Å². The summed E-state index contributed by atoms with van der Waals surface area (Å²) in [5, 5.41) is 9.20. The Labute approximate surface area is 124 Å². The first-order valence-electron chi connectivity index (χ1n) is 7.77. The van der Waals surface area contributed by atoms with Crippen LogP contribution in [-0.4, -0.2) is 34.5 Å². The molecule has 1 aliphatic carbocycles. The first-order valence-corrected chi connectivity index (χ1v) is 7.77. The third-order valence-corrected chi connectivity index (χ3v) is 4.77. The van der Waals surface area contributed by atoms with Gasteiger partial charge in [-0.1, -0.05) is 24.3 Å². The predicted molar refractivity (Wildman–Crippen MR) is 79.1 cm³/mol. The Morgan fingerprint density at radius 3 is 2.81 bits per heavy atom. The summed E-state index contributed by atoms with van der Waals surface area (Å²) in [5.74, 6) is -0.621. The van der Waals surface area contributed by atoms with Crippen LogP contribution >= 0.6 is 0 Å². The Morgan fingerprint density at radius 1 is 1.19 bits per heavy atom. The SMILES string of the molecule is O=C(O)[C@H]1CCCN1C(=O)C[C@H]1CCCc2ccccc21. The van der Waals surface area contributed by atoms with E-state index in [1.165, 1.54) is 11.1 Å². The number of carboxylic acid groups (broad SMARTS) is 1. The molecule has 0 spiro atoms. The molecule has 0 unspecified atom stereocenters. The molecule has 1 fully saturated rings. The van der Waals surface area contributed by atoms with Crippen molar-refractivity contribution < 1.29 is 14.7 Å². The number of hydrogen-bond acceptors (Lipinski definition) is 2. The van der Waals surface area contributed by atoms with Gasteiger partial charge < -0.3 is 10.0 Å². The van der Waals surface area contributed by atoms with Crippen molar-refractivity contribution >= 4 is 11.9 Å². The van der Waals surface area contributed by atoms with E-state index in [9.17, 15) is 14.7 Å². The Balaban J connectivity index is 1.73. The van der Waals surface area contributed by atoms with Crippen molar-refractivity contribution in [1.82, 2.24) is 4.90 Å². The molecule has 112 valence electrons. The maximum Gasteiger partial charge on any atom is 0.326 e. The van der Waals surface area contributed by atoms with Crippen molar-refractivity contribution in [2.24, 2.45) is 0 Å². The first-order chi connectivity index (χ1) is 10.2. The summed E-state index contributed by atoms with van der Waals surface area (Å²) in [7, 11) is 0. The smallest absolute Gasteiger partial charge is 0.326 e. The van der Waals surface area contributed by atoms with Gasteiger partial charge >= 0.3 is 5.97 Å². The minimum absolute atomic E-state index is 0.00148. The minimum Gasteiger partial charge on any atom is -0.480 e. The molecule has 4 heteroatoms. The molecule has 21 heavy (non-hydrogen) atoms. The van der Waals surface area contributed by atoms with E-state index in [1.807, 2.05) is 12.1 Å². The summed E-state index contributed by atoms with van der Waals surface area (Å²) in [5.41, 5.74) is 2.63. The molecule has 1 amide bonds. The summed E-state index contributed by atoms with van der Waals surface area (Å²) in [6.45, 7) is 0.587. The van der Waals surface area contributed by atoms with E-state index in [1.54, 1.807) is 4.90 Å². The molecule has 1 saturated heterocycles. The Kier molecular flexibility index (Phi) is 3.95. The second-order valence-electron chi connectivity index (χ2n) is 6.08. The van der Waals surface area contributed by atoms with Gasteiger partial charge in [0.2, 0.25) is 5.91 Å². The maximum absolute atomic E-state index is 12.5. The molecular weight excluding hydrogens is 266 g/mol. The van der Waals surface area contributed by atoms with Crippen LogP contribution in [0.1, 0.15) is 49.1 Å². The fourth-order valence-corrected chi connectivity index (χ4v) is 3.72. The molecule has 1 aromatic rings.